The van der Waals surface area contributed by atoms with Gasteiger partial charge in [-0.15, -0.1) is 0 Å². The number of imidazole rings is 1. The average Bonchev–Trinajstić information content (AvgIpc) is 2.65. The number of ether oxygens (including phenoxy) is 1. The highest BCUT2D eigenvalue weighted by Gasteiger charge is 2.05. The van der Waals surface area contributed by atoms with Crippen molar-refractivity contribution in [2.45, 2.75) is 13.5 Å². The van der Waals surface area contributed by atoms with Crippen LogP contribution in [-0.2, 0) is 6.54 Å². The molecule has 78 valence electrons. The standard InChI is InChI=1S/C12H14N2O/c1-10-13-6-7-14(10)9-11-4-3-5-12(8-11)15-2/h3-8H,9H2,1-2H3/p+1. The van der Waals surface area contributed by atoms with Crippen molar-refractivity contribution in [2.24, 2.45) is 0 Å². The second-order valence-corrected chi connectivity index (χ2v) is 3.52. The maximum atomic E-state index is 5.19. The summed E-state index contributed by atoms with van der Waals surface area (Å²) in [5.74, 6) is 2.05. The van der Waals surface area contributed by atoms with E-state index < -0.39 is 0 Å². The number of nitrogens with one attached hydrogen (secondary N) is 1. The van der Waals surface area contributed by atoms with E-state index in [1.807, 2.05) is 24.5 Å². The van der Waals surface area contributed by atoms with E-state index in [2.05, 4.69) is 28.6 Å². The quantitative estimate of drug-likeness (QED) is 0.755. The van der Waals surface area contributed by atoms with Crippen LogP contribution < -0.4 is 9.30 Å². The highest BCUT2D eigenvalue weighted by Crippen LogP contribution is 2.12. The van der Waals surface area contributed by atoms with Gasteiger partial charge in [-0.05, 0) is 17.7 Å². The van der Waals surface area contributed by atoms with E-state index in [1.165, 1.54) is 5.56 Å². The Morgan fingerprint density at radius 3 is 2.93 bits per heavy atom. The second-order valence-electron chi connectivity index (χ2n) is 3.52. The van der Waals surface area contributed by atoms with Gasteiger partial charge in [-0.25, -0.2) is 9.55 Å². The molecule has 0 aliphatic heterocycles. The Balaban J connectivity index is 2.21. The maximum Gasteiger partial charge on any atom is 0.251 e. The van der Waals surface area contributed by atoms with Crippen LogP contribution in [0, 0.1) is 6.92 Å². The van der Waals surface area contributed by atoms with Gasteiger partial charge in [0.25, 0.3) is 5.82 Å². The first-order chi connectivity index (χ1) is 7.29. The van der Waals surface area contributed by atoms with Gasteiger partial charge in [0.2, 0.25) is 0 Å². The summed E-state index contributed by atoms with van der Waals surface area (Å²) < 4.78 is 7.35. The van der Waals surface area contributed by atoms with Crippen molar-refractivity contribution in [3.8, 4) is 5.75 Å². The predicted octanol–water partition coefficient (Wildman–Crippen LogP) is 1.67. The van der Waals surface area contributed by atoms with Crippen LogP contribution in [0.5, 0.6) is 5.75 Å². The Morgan fingerprint density at radius 1 is 1.40 bits per heavy atom. The van der Waals surface area contributed by atoms with Crippen LogP contribution in [0.15, 0.2) is 36.7 Å². The molecule has 0 fully saturated rings. The van der Waals surface area contributed by atoms with Crippen molar-refractivity contribution >= 4 is 0 Å². The number of H-pyrrole nitrogens is 1. The normalized spacial score (nSPS) is 10.3. The number of hydrogen-bond donors (Lipinski definition) is 1. The monoisotopic (exact) mass is 203 g/mol. The van der Waals surface area contributed by atoms with E-state index in [9.17, 15) is 0 Å². The molecule has 0 aliphatic carbocycles. The highest BCUT2D eigenvalue weighted by atomic mass is 16.5. The molecule has 3 heteroatoms. The van der Waals surface area contributed by atoms with Crippen LogP contribution in [0.25, 0.3) is 0 Å². The van der Waals surface area contributed by atoms with Crippen LogP contribution in [-0.4, -0.2) is 12.1 Å². The lowest BCUT2D eigenvalue weighted by Gasteiger charge is -2.02. The molecule has 0 radical (unpaired) electrons. The fourth-order valence-electron chi connectivity index (χ4n) is 1.58. The van der Waals surface area contributed by atoms with Crippen LogP contribution in [0.1, 0.15) is 11.4 Å². The third-order valence-electron chi connectivity index (χ3n) is 2.46. The van der Waals surface area contributed by atoms with Crippen LogP contribution in [0.4, 0.5) is 0 Å². The van der Waals surface area contributed by atoms with Gasteiger partial charge in [-0.3, -0.25) is 0 Å². The van der Waals surface area contributed by atoms with Gasteiger partial charge < -0.3 is 4.74 Å². The molecular weight excluding hydrogens is 188 g/mol. The number of nitrogens with zero attached hydrogens (tertiary/aromatic N) is 1. The summed E-state index contributed by atoms with van der Waals surface area (Å²) in [6.45, 7) is 2.92. The molecule has 0 unspecified atom stereocenters. The molecule has 0 amide bonds. The van der Waals surface area contributed by atoms with Crippen LogP contribution in [0.3, 0.4) is 0 Å². The molecule has 1 aromatic carbocycles. The van der Waals surface area contributed by atoms with Crippen LogP contribution in [0.2, 0.25) is 0 Å². The van der Waals surface area contributed by atoms with Gasteiger partial charge in [0.15, 0.2) is 0 Å². The van der Waals surface area contributed by atoms with Crippen molar-refractivity contribution in [1.82, 2.24) is 4.98 Å². The summed E-state index contributed by atoms with van der Waals surface area (Å²) in [6, 6.07) is 8.12. The molecule has 0 bridgehead atoms. The van der Waals surface area contributed by atoms with Gasteiger partial charge in [0.1, 0.15) is 24.7 Å². The van der Waals surface area contributed by atoms with Crippen molar-refractivity contribution in [3.05, 3.63) is 48.0 Å². The Labute approximate surface area is 89.3 Å². The zero-order valence-corrected chi connectivity index (χ0v) is 9.03. The number of aromatic nitrogens is 2. The summed E-state index contributed by atoms with van der Waals surface area (Å²) in [4.78, 5) is 3.15. The summed E-state index contributed by atoms with van der Waals surface area (Å²) in [5.41, 5.74) is 1.24. The van der Waals surface area contributed by atoms with E-state index >= 15 is 0 Å². The number of methoxy groups -OCH3 is 1. The molecule has 3 nitrogen and oxygen atoms in total. The number of aryl methyl sites for hydroxylation is 1. The van der Waals surface area contributed by atoms with Crippen molar-refractivity contribution in [2.75, 3.05) is 7.11 Å². The summed E-state index contributed by atoms with van der Waals surface area (Å²) in [7, 11) is 1.69. The molecule has 2 aromatic rings. The number of benzene rings is 1. The predicted molar refractivity (Wildman–Crippen MR) is 57.8 cm³/mol. The first-order valence-electron chi connectivity index (χ1n) is 4.96. The molecule has 1 aromatic heterocycles. The van der Waals surface area contributed by atoms with E-state index in [1.54, 1.807) is 7.11 Å². The highest BCUT2D eigenvalue weighted by molar-refractivity contribution is 5.27. The fourth-order valence-corrected chi connectivity index (χ4v) is 1.58. The first-order valence-corrected chi connectivity index (χ1v) is 4.96. The Morgan fingerprint density at radius 2 is 2.27 bits per heavy atom. The number of aromatic amines is 1. The van der Waals surface area contributed by atoms with Gasteiger partial charge in [0, 0.05) is 6.92 Å². The lowest BCUT2D eigenvalue weighted by Crippen LogP contribution is -2.34. The van der Waals surface area contributed by atoms with E-state index in [4.69, 9.17) is 4.74 Å². The van der Waals surface area contributed by atoms with Gasteiger partial charge >= 0.3 is 0 Å². The zero-order valence-electron chi connectivity index (χ0n) is 9.03. The number of rotatable bonds is 3. The summed E-state index contributed by atoms with van der Waals surface area (Å²) >= 11 is 0. The number of hydrogen-bond acceptors (Lipinski definition) is 1. The molecule has 1 N–H and O–H groups in total. The third-order valence-corrected chi connectivity index (χ3v) is 2.46. The van der Waals surface area contributed by atoms with Gasteiger partial charge in [-0.2, -0.15) is 0 Å². The Kier molecular flexibility index (Phi) is 2.72. The molecule has 15 heavy (non-hydrogen) atoms. The van der Waals surface area contributed by atoms with E-state index in [0.29, 0.717) is 0 Å². The lowest BCUT2D eigenvalue weighted by molar-refractivity contribution is -0.693. The summed E-state index contributed by atoms with van der Waals surface area (Å²) in [6.07, 6.45) is 3.98. The van der Waals surface area contributed by atoms with Crippen LogP contribution >= 0.6 is 0 Å². The fraction of sp³-hybridized carbons (Fsp3) is 0.250. The van der Waals surface area contributed by atoms with Gasteiger partial charge in [0.05, 0.1) is 7.11 Å². The van der Waals surface area contributed by atoms with E-state index in [-0.39, 0.29) is 0 Å². The molecule has 0 atom stereocenters. The van der Waals surface area contributed by atoms with E-state index in [0.717, 1.165) is 18.1 Å². The third kappa shape index (κ3) is 2.18. The average molecular weight is 203 g/mol. The minimum absolute atomic E-state index is 0.868. The molecular formula is C12H15N2O+. The lowest BCUT2D eigenvalue weighted by atomic mass is 10.2. The molecule has 0 saturated carbocycles. The molecule has 0 spiro atoms. The zero-order chi connectivity index (χ0) is 10.7. The molecule has 1 heterocycles. The first kappa shape index (κ1) is 9.77. The minimum Gasteiger partial charge on any atom is -0.497 e. The minimum atomic E-state index is 0.868. The molecule has 0 saturated heterocycles. The second kappa shape index (κ2) is 4.17. The van der Waals surface area contributed by atoms with Crippen molar-refractivity contribution in [3.63, 3.8) is 0 Å². The SMILES string of the molecule is COc1cccc(C[n+]2cc[nH]c2C)c1. The summed E-state index contributed by atoms with van der Waals surface area (Å²) in [5, 5.41) is 0. The Bertz CT molecular complexity index is 448. The smallest absolute Gasteiger partial charge is 0.251 e. The molecule has 0 aliphatic rings. The maximum absolute atomic E-state index is 5.19. The largest absolute Gasteiger partial charge is 0.497 e. The van der Waals surface area contributed by atoms with Crippen molar-refractivity contribution < 1.29 is 9.30 Å². The molecule has 2 rings (SSSR count). The Hall–Kier alpha value is -1.77. The van der Waals surface area contributed by atoms with Crippen molar-refractivity contribution in [1.29, 1.82) is 0 Å². The van der Waals surface area contributed by atoms with Gasteiger partial charge in [-0.1, -0.05) is 12.1 Å². The topological polar surface area (TPSA) is 28.9 Å².